The Labute approximate surface area is 165 Å². The second kappa shape index (κ2) is 20.8. The predicted molar refractivity (Wildman–Crippen MR) is 120 cm³/mol. The van der Waals surface area contributed by atoms with Crippen LogP contribution in [-0.4, -0.2) is 12.6 Å². The first kappa shape index (κ1) is 25.5. The molecule has 0 fully saturated rings. The highest BCUT2D eigenvalue weighted by Gasteiger charge is 2.09. The monoisotopic (exact) mass is 366 g/mol. The number of allylic oxidation sites excluding steroid dienone is 1. The molecular weight excluding hydrogens is 316 g/mol. The molecule has 0 aliphatic heterocycles. The molecule has 0 saturated heterocycles. The largest absolute Gasteiger partial charge is 0.386 e. The molecule has 2 nitrogen and oxygen atoms in total. The first-order valence-electron chi connectivity index (χ1n) is 11.9. The van der Waals surface area contributed by atoms with Gasteiger partial charge in [-0.15, -0.1) is 0 Å². The minimum Gasteiger partial charge on any atom is -0.386 e. The molecule has 0 heterocycles. The lowest BCUT2D eigenvalue weighted by Gasteiger charge is -2.22. The molecule has 0 spiro atoms. The molecule has 0 aliphatic carbocycles. The second-order valence-electron chi connectivity index (χ2n) is 8.16. The van der Waals surface area contributed by atoms with E-state index in [0.717, 1.165) is 19.4 Å². The van der Waals surface area contributed by atoms with Gasteiger partial charge in [0, 0.05) is 11.7 Å². The fourth-order valence-corrected chi connectivity index (χ4v) is 3.65. The number of rotatable bonds is 21. The number of nitrogens with one attached hydrogen (secondary N) is 1. The van der Waals surface area contributed by atoms with Crippen molar-refractivity contribution in [1.82, 2.24) is 5.32 Å². The van der Waals surface area contributed by atoms with Crippen molar-refractivity contribution in [2.75, 3.05) is 6.54 Å². The van der Waals surface area contributed by atoms with E-state index in [9.17, 15) is 0 Å². The lowest BCUT2D eigenvalue weighted by atomic mass is 9.99. The van der Waals surface area contributed by atoms with Crippen LogP contribution in [0.4, 0.5) is 0 Å². The number of nitrogens with two attached hydrogens (primary N) is 1. The summed E-state index contributed by atoms with van der Waals surface area (Å²) in [5, 5.41) is 3.77. The second-order valence-corrected chi connectivity index (χ2v) is 8.16. The molecule has 0 rings (SSSR count). The fourth-order valence-electron chi connectivity index (χ4n) is 3.65. The maximum atomic E-state index is 5.58. The van der Waals surface area contributed by atoms with E-state index in [0.29, 0.717) is 6.04 Å². The van der Waals surface area contributed by atoms with Gasteiger partial charge in [-0.1, -0.05) is 104 Å². The highest BCUT2D eigenvalue weighted by atomic mass is 14.9. The third-order valence-corrected chi connectivity index (χ3v) is 5.40. The van der Waals surface area contributed by atoms with Crippen LogP contribution in [0.3, 0.4) is 0 Å². The van der Waals surface area contributed by atoms with Gasteiger partial charge in [-0.25, -0.2) is 0 Å². The normalized spacial score (nSPS) is 11.2. The van der Waals surface area contributed by atoms with Gasteiger partial charge in [0.1, 0.15) is 0 Å². The molecule has 0 aromatic rings. The zero-order valence-electron chi connectivity index (χ0n) is 18.3. The standard InChI is InChI=1S/C24H50N2/c1-4-6-8-10-12-16-20-24(21-17-13-11-9-7-5-2)26-23(3)19-15-14-18-22-25/h24,26H,3-22,25H2,1-2H3. The Hall–Kier alpha value is -0.500. The lowest BCUT2D eigenvalue weighted by molar-refractivity contribution is 0.432. The smallest absolute Gasteiger partial charge is 0.0258 e. The molecule has 2 heteroatoms. The Morgan fingerprint density at radius 1 is 0.692 bits per heavy atom. The predicted octanol–water partition coefficient (Wildman–Crippen LogP) is 7.48. The lowest BCUT2D eigenvalue weighted by Crippen LogP contribution is -2.28. The molecule has 0 aromatic carbocycles. The van der Waals surface area contributed by atoms with E-state index in [1.807, 2.05) is 0 Å². The topological polar surface area (TPSA) is 38.0 Å². The van der Waals surface area contributed by atoms with Gasteiger partial charge in [-0.05, 0) is 38.6 Å². The zero-order valence-corrected chi connectivity index (χ0v) is 18.3. The van der Waals surface area contributed by atoms with Gasteiger partial charge in [0.2, 0.25) is 0 Å². The highest BCUT2D eigenvalue weighted by Crippen LogP contribution is 2.16. The van der Waals surface area contributed by atoms with Crippen LogP contribution in [0.2, 0.25) is 0 Å². The first-order chi connectivity index (χ1) is 12.7. The molecule has 0 amide bonds. The molecule has 3 N–H and O–H groups in total. The van der Waals surface area contributed by atoms with Crippen LogP contribution < -0.4 is 11.1 Å². The highest BCUT2D eigenvalue weighted by molar-refractivity contribution is 4.93. The van der Waals surface area contributed by atoms with E-state index in [-0.39, 0.29) is 0 Å². The summed E-state index contributed by atoms with van der Waals surface area (Å²) in [6, 6.07) is 0.648. The Morgan fingerprint density at radius 2 is 1.15 bits per heavy atom. The molecule has 0 saturated carbocycles. The molecule has 0 unspecified atom stereocenters. The molecule has 0 atom stereocenters. The van der Waals surface area contributed by atoms with Gasteiger partial charge in [0.15, 0.2) is 0 Å². The summed E-state index contributed by atoms with van der Waals surface area (Å²) in [6.45, 7) is 9.69. The van der Waals surface area contributed by atoms with Gasteiger partial charge in [0.05, 0.1) is 0 Å². The third kappa shape index (κ3) is 18.3. The first-order valence-corrected chi connectivity index (χ1v) is 11.9. The van der Waals surface area contributed by atoms with Crippen LogP contribution in [0, 0.1) is 0 Å². The van der Waals surface area contributed by atoms with Crippen LogP contribution in [0.5, 0.6) is 0 Å². The van der Waals surface area contributed by atoms with Crippen molar-refractivity contribution >= 4 is 0 Å². The zero-order chi connectivity index (χ0) is 19.3. The van der Waals surface area contributed by atoms with Crippen molar-refractivity contribution in [3.63, 3.8) is 0 Å². The molecule has 0 aromatic heterocycles. The minimum atomic E-state index is 0.648. The van der Waals surface area contributed by atoms with E-state index in [1.165, 1.54) is 108 Å². The van der Waals surface area contributed by atoms with Crippen molar-refractivity contribution < 1.29 is 0 Å². The number of hydrogen-bond acceptors (Lipinski definition) is 2. The minimum absolute atomic E-state index is 0.648. The number of hydrogen-bond donors (Lipinski definition) is 2. The Kier molecular flexibility index (Phi) is 20.4. The van der Waals surface area contributed by atoms with Crippen molar-refractivity contribution in [2.24, 2.45) is 5.73 Å². The summed E-state index contributed by atoms with van der Waals surface area (Å²) in [5.41, 5.74) is 6.84. The van der Waals surface area contributed by atoms with Crippen molar-refractivity contribution in [1.29, 1.82) is 0 Å². The molecule has 26 heavy (non-hydrogen) atoms. The maximum Gasteiger partial charge on any atom is 0.0258 e. The van der Waals surface area contributed by atoms with Gasteiger partial charge in [-0.2, -0.15) is 0 Å². The van der Waals surface area contributed by atoms with E-state index in [2.05, 4.69) is 25.7 Å². The summed E-state index contributed by atoms with van der Waals surface area (Å²) in [6.07, 6.45) is 24.1. The average molecular weight is 367 g/mol. The van der Waals surface area contributed by atoms with Gasteiger partial charge >= 0.3 is 0 Å². The Bertz CT molecular complexity index is 272. The summed E-state index contributed by atoms with van der Waals surface area (Å²) < 4.78 is 0. The number of unbranched alkanes of at least 4 members (excludes halogenated alkanes) is 12. The summed E-state index contributed by atoms with van der Waals surface area (Å²) in [4.78, 5) is 0. The van der Waals surface area contributed by atoms with Crippen LogP contribution >= 0.6 is 0 Å². The Morgan fingerprint density at radius 3 is 1.65 bits per heavy atom. The molecular formula is C24H50N2. The van der Waals surface area contributed by atoms with Crippen LogP contribution in [0.15, 0.2) is 12.3 Å². The average Bonchev–Trinajstić information content (AvgIpc) is 2.64. The van der Waals surface area contributed by atoms with Crippen molar-refractivity contribution in [3.05, 3.63) is 12.3 Å². The van der Waals surface area contributed by atoms with E-state index in [4.69, 9.17) is 5.73 Å². The van der Waals surface area contributed by atoms with Crippen LogP contribution in [-0.2, 0) is 0 Å². The molecule has 0 radical (unpaired) electrons. The molecule has 0 aliphatic rings. The summed E-state index contributed by atoms with van der Waals surface area (Å²) >= 11 is 0. The van der Waals surface area contributed by atoms with Crippen LogP contribution in [0.25, 0.3) is 0 Å². The fraction of sp³-hybridized carbons (Fsp3) is 0.917. The van der Waals surface area contributed by atoms with Gasteiger partial charge in [0.25, 0.3) is 0 Å². The van der Waals surface area contributed by atoms with E-state index < -0.39 is 0 Å². The maximum absolute atomic E-state index is 5.58. The summed E-state index contributed by atoms with van der Waals surface area (Å²) in [5.74, 6) is 0. The quantitative estimate of drug-likeness (QED) is 0.207. The Balaban J connectivity index is 3.99. The third-order valence-electron chi connectivity index (χ3n) is 5.40. The van der Waals surface area contributed by atoms with E-state index >= 15 is 0 Å². The van der Waals surface area contributed by atoms with Gasteiger partial charge in [-0.3, -0.25) is 0 Å². The van der Waals surface area contributed by atoms with Gasteiger partial charge < -0.3 is 11.1 Å². The molecule has 0 bridgehead atoms. The SMILES string of the molecule is C=C(CCCCCN)NC(CCCCCCCC)CCCCCCCC. The van der Waals surface area contributed by atoms with E-state index in [1.54, 1.807) is 0 Å². The summed E-state index contributed by atoms with van der Waals surface area (Å²) in [7, 11) is 0. The van der Waals surface area contributed by atoms with Crippen molar-refractivity contribution in [3.8, 4) is 0 Å². The molecule has 156 valence electrons. The van der Waals surface area contributed by atoms with Crippen molar-refractivity contribution in [2.45, 2.75) is 135 Å². The van der Waals surface area contributed by atoms with Crippen LogP contribution in [0.1, 0.15) is 129 Å².